The number of allylic oxidation sites excluding steroid dienone is 1. The predicted octanol–water partition coefficient (Wildman–Crippen LogP) is 3.71. The fourth-order valence-corrected chi connectivity index (χ4v) is 4.77. The molecule has 0 aromatic carbocycles. The minimum absolute atomic E-state index is 0.00600. The van der Waals surface area contributed by atoms with E-state index in [-0.39, 0.29) is 19.3 Å². The number of methoxy groups -OCH3 is 4. The standard InChI is InChI=1S/C13H18F2O4.C10H14F2O4/c1-4-5-12(11(17)19-3)6-9(10(16)18-2)7-13(14,15)8-12;1-15-8(13)6-3-7(9(14)16-2)5-10(11,12)4-6/h4,9H,1,5-8H2,2-3H3;6-7H,3-5H2,1-2H3. The zero-order valence-corrected chi connectivity index (χ0v) is 20.2. The van der Waals surface area contributed by atoms with Crippen molar-refractivity contribution in [2.45, 2.75) is 56.8 Å². The van der Waals surface area contributed by atoms with Crippen molar-refractivity contribution in [2.75, 3.05) is 28.4 Å². The first kappa shape index (κ1) is 30.4. The quantitative estimate of drug-likeness (QED) is 0.230. The van der Waals surface area contributed by atoms with Gasteiger partial charge in [-0.05, 0) is 19.3 Å². The largest absolute Gasteiger partial charge is 0.469 e. The molecule has 0 heterocycles. The second kappa shape index (κ2) is 12.3. The molecule has 4 unspecified atom stereocenters. The van der Waals surface area contributed by atoms with Crippen molar-refractivity contribution in [2.24, 2.45) is 23.2 Å². The third-order valence-corrected chi connectivity index (χ3v) is 6.20. The minimum Gasteiger partial charge on any atom is -0.469 e. The molecule has 0 aromatic heterocycles. The summed E-state index contributed by atoms with van der Waals surface area (Å²) in [4.78, 5) is 45.8. The second-order valence-corrected chi connectivity index (χ2v) is 8.87. The zero-order chi connectivity index (χ0) is 27.0. The Kier molecular flexibility index (Phi) is 10.7. The average molecular weight is 512 g/mol. The van der Waals surface area contributed by atoms with Crippen molar-refractivity contribution in [1.82, 2.24) is 0 Å². The van der Waals surface area contributed by atoms with E-state index >= 15 is 0 Å². The van der Waals surface area contributed by atoms with Gasteiger partial charge in [-0.25, -0.2) is 17.6 Å². The highest BCUT2D eigenvalue weighted by Gasteiger charge is 2.55. The Morgan fingerprint density at radius 2 is 1.17 bits per heavy atom. The van der Waals surface area contributed by atoms with Gasteiger partial charge in [0.15, 0.2) is 0 Å². The van der Waals surface area contributed by atoms with Crippen molar-refractivity contribution in [1.29, 1.82) is 0 Å². The Morgan fingerprint density at radius 1 is 0.743 bits per heavy atom. The van der Waals surface area contributed by atoms with E-state index in [0.29, 0.717) is 0 Å². The second-order valence-electron chi connectivity index (χ2n) is 8.87. The molecule has 2 rings (SSSR count). The summed E-state index contributed by atoms with van der Waals surface area (Å²) >= 11 is 0. The monoisotopic (exact) mass is 512 g/mol. The van der Waals surface area contributed by atoms with E-state index in [0.717, 1.165) is 28.4 Å². The van der Waals surface area contributed by atoms with Crippen LogP contribution in [0.1, 0.15) is 44.9 Å². The molecule has 2 aliphatic rings. The first-order chi connectivity index (χ1) is 16.2. The lowest BCUT2D eigenvalue weighted by Gasteiger charge is -2.40. The normalized spacial score (nSPS) is 28.9. The van der Waals surface area contributed by atoms with Crippen LogP contribution in [0.15, 0.2) is 12.7 Å². The maximum Gasteiger partial charge on any atom is 0.312 e. The molecule has 0 aliphatic heterocycles. The van der Waals surface area contributed by atoms with Gasteiger partial charge in [0.05, 0.1) is 51.6 Å². The van der Waals surface area contributed by atoms with E-state index < -0.39 is 84.6 Å². The molecule has 8 nitrogen and oxygen atoms in total. The third kappa shape index (κ3) is 8.21. The van der Waals surface area contributed by atoms with Crippen molar-refractivity contribution < 1.29 is 55.7 Å². The van der Waals surface area contributed by atoms with E-state index in [1.54, 1.807) is 0 Å². The zero-order valence-electron chi connectivity index (χ0n) is 20.2. The van der Waals surface area contributed by atoms with Crippen LogP contribution in [-0.4, -0.2) is 64.2 Å². The molecule has 12 heteroatoms. The van der Waals surface area contributed by atoms with Gasteiger partial charge in [-0.15, -0.1) is 6.58 Å². The SMILES string of the molecule is C=CCC1(C(=O)OC)CC(C(=O)OC)CC(F)(F)C1.COC(=O)C1CC(C(=O)OC)CC(F)(F)C1. The maximum atomic E-state index is 13.8. The molecule has 0 amide bonds. The highest BCUT2D eigenvalue weighted by molar-refractivity contribution is 5.80. The summed E-state index contributed by atoms with van der Waals surface area (Å²) in [7, 11) is 4.57. The number of esters is 4. The smallest absolute Gasteiger partial charge is 0.312 e. The Morgan fingerprint density at radius 3 is 1.57 bits per heavy atom. The van der Waals surface area contributed by atoms with Gasteiger partial charge in [0, 0.05) is 25.7 Å². The summed E-state index contributed by atoms with van der Waals surface area (Å²) in [5.41, 5.74) is -1.41. The van der Waals surface area contributed by atoms with Crippen LogP contribution in [0.25, 0.3) is 0 Å². The third-order valence-electron chi connectivity index (χ3n) is 6.20. The van der Waals surface area contributed by atoms with Crippen LogP contribution < -0.4 is 0 Å². The average Bonchev–Trinajstić information content (AvgIpc) is 2.80. The predicted molar refractivity (Wildman–Crippen MR) is 113 cm³/mol. The lowest BCUT2D eigenvalue weighted by Crippen LogP contribution is -2.47. The Balaban J connectivity index is 0.000000355. The molecular weight excluding hydrogens is 480 g/mol. The molecule has 200 valence electrons. The summed E-state index contributed by atoms with van der Waals surface area (Å²) in [6, 6.07) is 0. The van der Waals surface area contributed by atoms with E-state index in [1.165, 1.54) is 6.08 Å². The Bertz CT molecular complexity index is 774. The molecule has 35 heavy (non-hydrogen) atoms. The van der Waals surface area contributed by atoms with E-state index in [2.05, 4.69) is 25.5 Å². The molecule has 0 radical (unpaired) electrons. The van der Waals surface area contributed by atoms with Gasteiger partial charge in [-0.3, -0.25) is 19.2 Å². The molecule has 2 fully saturated rings. The van der Waals surface area contributed by atoms with E-state index in [9.17, 15) is 36.7 Å². The van der Waals surface area contributed by atoms with E-state index in [1.807, 2.05) is 0 Å². The van der Waals surface area contributed by atoms with Crippen LogP contribution in [0, 0.1) is 23.2 Å². The highest BCUT2D eigenvalue weighted by Crippen LogP contribution is 2.50. The summed E-state index contributed by atoms with van der Waals surface area (Å²) in [6.07, 6.45) is -0.861. The summed E-state index contributed by atoms with van der Waals surface area (Å²) in [6.45, 7) is 3.49. The number of carbonyl (C=O) groups excluding carboxylic acids is 4. The first-order valence-electron chi connectivity index (χ1n) is 10.9. The molecule has 0 saturated heterocycles. The number of hydrogen-bond donors (Lipinski definition) is 0. The lowest BCUT2D eigenvalue weighted by atomic mass is 9.66. The number of rotatable bonds is 6. The van der Waals surface area contributed by atoms with Gasteiger partial charge in [-0.1, -0.05) is 6.08 Å². The molecule has 2 saturated carbocycles. The molecule has 4 atom stereocenters. The molecule has 0 spiro atoms. The molecule has 0 aromatic rings. The molecule has 0 N–H and O–H groups in total. The van der Waals surface area contributed by atoms with Gasteiger partial charge >= 0.3 is 23.9 Å². The number of carbonyl (C=O) groups is 4. The summed E-state index contributed by atoms with van der Waals surface area (Å²) in [5.74, 6) is -11.9. The maximum absolute atomic E-state index is 13.8. The van der Waals surface area contributed by atoms with Crippen LogP contribution in [0.4, 0.5) is 17.6 Å². The van der Waals surface area contributed by atoms with Crippen molar-refractivity contribution in [3.63, 3.8) is 0 Å². The topological polar surface area (TPSA) is 105 Å². The van der Waals surface area contributed by atoms with Crippen LogP contribution in [0.5, 0.6) is 0 Å². The van der Waals surface area contributed by atoms with Crippen LogP contribution in [-0.2, 0) is 38.1 Å². The molecule has 2 aliphatic carbocycles. The first-order valence-corrected chi connectivity index (χ1v) is 10.9. The number of hydrogen-bond acceptors (Lipinski definition) is 8. The summed E-state index contributed by atoms with van der Waals surface area (Å²) < 4.78 is 72.2. The van der Waals surface area contributed by atoms with Crippen molar-refractivity contribution >= 4 is 23.9 Å². The number of alkyl halides is 4. The van der Waals surface area contributed by atoms with Gasteiger partial charge < -0.3 is 18.9 Å². The van der Waals surface area contributed by atoms with Gasteiger partial charge in [0.2, 0.25) is 11.8 Å². The Labute approximate surface area is 201 Å². The molecule has 0 bridgehead atoms. The number of ether oxygens (including phenoxy) is 4. The van der Waals surface area contributed by atoms with Crippen LogP contribution >= 0.6 is 0 Å². The van der Waals surface area contributed by atoms with Gasteiger partial charge in [0.25, 0.3) is 0 Å². The van der Waals surface area contributed by atoms with Gasteiger partial charge in [-0.2, -0.15) is 0 Å². The van der Waals surface area contributed by atoms with Crippen LogP contribution in [0.3, 0.4) is 0 Å². The van der Waals surface area contributed by atoms with Crippen LogP contribution in [0.2, 0.25) is 0 Å². The number of halogens is 4. The van der Waals surface area contributed by atoms with Crippen molar-refractivity contribution in [3.05, 3.63) is 12.7 Å². The van der Waals surface area contributed by atoms with Gasteiger partial charge in [0.1, 0.15) is 0 Å². The fourth-order valence-electron chi connectivity index (χ4n) is 4.77. The van der Waals surface area contributed by atoms with E-state index in [4.69, 9.17) is 0 Å². The lowest BCUT2D eigenvalue weighted by molar-refractivity contribution is -0.176. The van der Waals surface area contributed by atoms with Crippen molar-refractivity contribution in [3.8, 4) is 0 Å². The Hall–Kier alpha value is -2.66. The highest BCUT2D eigenvalue weighted by atomic mass is 19.3. The fraction of sp³-hybridized carbons (Fsp3) is 0.739. The molecular formula is C23H32F4O8. The summed E-state index contributed by atoms with van der Waals surface area (Å²) in [5, 5.41) is 0. The minimum atomic E-state index is -3.10.